The monoisotopic (exact) mass is 552 g/mol. The number of rotatable bonds is 4. The Morgan fingerprint density at radius 1 is 1.29 bits per heavy atom. The van der Waals surface area contributed by atoms with E-state index < -0.39 is 80.7 Å². The molecule has 7 nitrogen and oxygen atoms in total. The number of halogens is 2. The molecular formula is C28H34F2O7S. The number of ether oxygens (including phenoxy) is 2. The topological polar surface area (TPSA) is 107 Å². The molecule has 0 amide bonds. The highest BCUT2D eigenvalue weighted by molar-refractivity contribution is 8.14. The van der Waals surface area contributed by atoms with Gasteiger partial charge in [0.15, 0.2) is 16.6 Å². The zero-order valence-electron chi connectivity index (χ0n) is 21.9. The Kier molecular flexibility index (Phi) is 6.69. The average Bonchev–Trinajstić information content (AvgIpc) is 3.36. The molecule has 1 aliphatic heterocycles. The predicted molar refractivity (Wildman–Crippen MR) is 134 cm³/mol. The van der Waals surface area contributed by atoms with Gasteiger partial charge in [0.25, 0.3) is 0 Å². The molecule has 0 spiro atoms. The molecule has 5 aliphatic rings. The first-order chi connectivity index (χ1) is 17.8. The summed E-state index contributed by atoms with van der Waals surface area (Å²) in [7, 11) is 0. The number of thioether (sulfide) groups is 1. The van der Waals surface area contributed by atoms with E-state index in [0.29, 0.717) is 18.2 Å². The first-order valence-electron chi connectivity index (χ1n) is 13.3. The van der Waals surface area contributed by atoms with E-state index in [1.165, 1.54) is 19.1 Å². The third kappa shape index (κ3) is 3.68. The van der Waals surface area contributed by atoms with Crippen molar-refractivity contribution in [2.24, 2.45) is 34.5 Å². The molecular weight excluding hydrogens is 518 g/mol. The van der Waals surface area contributed by atoms with E-state index in [9.17, 15) is 24.3 Å². The summed E-state index contributed by atoms with van der Waals surface area (Å²) in [6.07, 6.45) is 0.0264. The summed E-state index contributed by atoms with van der Waals surface area (Å²) in [5, 5.41) is 10.1. The van der Waals surface area contributed by atoms with Gasteiger partial charge in [-0.25, -0.2) is 8.78 Å². The van der Waals surface area contributed by atoms with Crippen LogP contribution in [0.3, 0.4) is 0 Å². The van der Waals surface area contributed by atoms with Crippen molar-refractivity contribution in [3.05, 3.63) is 23.8 Å². The number of carbonyl (C=O) groups is 4. The lowest BCUT2D eigenvalue weighted by Gasteiger charge is -2.64. The van der Waals surface area contributed by atoms with Gasteiger partial charge in [-0.15, -0.1) is 0 Å². The second kappa shape index (κ2) is 9.25. The first-order valence-corrected chi connectivity index (χ1v) is 14.2. The van der Waals surface area contributed by atoms with Crippen molar-refractivity contribution in [1.82, 2.24) is 0 Å². The minimum absolute atomic E-state index is 0.0543. The third-order valence-electron chi connectivity index (χ3n) is 9.91. The fraction of sp³-hybridized carbons (Fsp3) is 0.714. The molecule has 4 fully saturated rings. The van der Waals surface area contributed by atoms with Crippen molar-refractivity contribution in [3.63, 3.8) is 0 Å². The van der Waals surface area contributed by atoms with Crippen LogP contribution in [0.4, 0.5) is 8.78 Å². The number of hydrogen-bond acceptors (Lipinski definition) is 8. The Bertz CT molecular complexity index is 1140. The molecule has 0 bridgehead atoms. The summed E-state index contributed by atoms with van der Waals surface area (Å²) < 4.78 is 45.2. The maximum atomic E-state index is 17.8. The lowest BCUT2D eigenvalue weighted by molar-refractivity contribution is -0.224. The number of ketones is 1. The quantitative estimate of drug-likeness (QED) is 0.527. The Morgan fingerprint density at radius 3 is 2.63 bits per heavy atom. The molecule has 5 rings (SSSR count). The summed E-state index contributed by atoms with van der Waals surface area (Å²) in [6, 6.07) is 0. The molecule has 0 aromatic carbocycles. The Labute approximate surface area is 224 Å². The second-order valence-corrected chi connectivity index (χ2v) is 13.2. The summed E-state index contributed by atoms with van der Waals surface area (Å²) in [5.41, 5.74) is -5.23. The molecule has 0 radical (unpaired) electrons. The van der Waals surface area contributed by atoms with Gasteiger partial charge in [0.2, 0.25) is 0 Å². The van der Waals surface area contributed by atoms with Crippen LogP contribution in [0.2, 0.25) is 0 Å². The minimum atomic E-state index is -2.48. The van der Waals surface area contributed by atoms with Crippen LogP contribution in [0.1, 0.15) is 53.4 Å². The third-order valence-corrected chi connectivity index (χ3v) is 11.1. The smallest absolute Gasteiger partial charge is 0.319 e. The van der Waals surface area contributed by atoms with Crippen LogP contribution in [0, 0.1) is 34.5 Å². The van der Waals surface area contributed by atoms with E-state index in [0.717, 1.165) is 6.08 Å². The predicted octanol–water partition coefficient (Wildman–Crippen LogP) is 3.67. The van der Waals surface area contributed by atoms with Crippen LogP contribution in [0.15, 0.2) is 23.8 Å². The van der Waals surface area contributed by atoms with Crippen molar-refractivity contribution in [3.8, 4) is 0 Å². The summed E-state index contributed by atoms with van der Waals surface area (Å²) in [5.74, 6) is -5.16. The molecule has 1 heterocycles. The minimum Gasteiger partial charge on any atom is -0.465 e. The number of hydrogen-bond donors (Lipinski definition) is 1. The summed E-state index contributed by atoms with van der Waals surface area (Å²) in [4.78, 5) is 50.5. The Hall–Kier alpha value is -2.07. The van der Waals surface area contributed by atoms with Crippen LogP contribution in [0.25, 0.3) is 0 Å². The number of cyclic esters (lactones) is 1. The van der Waals surface area contributed by atoms with Gasteiger partial charge in [-0.3, -0.25) is 19.2 Å². The molecule has 1 N–H and O–H groups in total. The van der Waals surface area contributed by atoms with E-state index >= 15 is 8.78 Å². The molecule has 0 aromatic heterocycles. The lowest BCUT2D eigenvalue weighted by atomic mass is 9.43. The van der Waals surface area contributed by atoms with Crippen molar-refractivity contribution in [2.75, 3.05) is 6.61 Å². The highest BCUT2D eigenvalue weighted by Gasteiger charge is 2.76. The van der Waals surface area contributed by atoms with Crippen LogP contribution in [-0.4, -0.2) is 63.8 Å². The molecule has 4 aliphatic carbocycles. The van der Waals surface area contributed by atoms with Crippen LogP contribution >= 0.6 is 11.8 Å². The van der Waals surface area contributed by atoms with Gasteiger partial charge in [0, 0.05) is 29.6 Å². The van der Waals surface area contributed by atoms with E-state index in [1.807, 2.05) is 13.8 Å². The number of fused-ring (bicyclic) bond motifs is 5. The highest BCUT2D eigenvalue weighted by atomic mass is 32.2. The Balaban J connectivity index is 1.64. The standard InChI is InChI=1S/C28H34F2O7S/c1-5-19(33)37-23-13(2)10-15-21-20(25(35)38-17-7-9-36-24(17)34)22(29)16-11-14(31)6-8-27(16,4)28(21,30)18(32)12-26(15,23)3/h6,8,11,13,15,17-18,20-23,32H,5,7,9-10,12H2,1-4H3/t13-,15+,17+,18+,20-,21-,22-,23-,26+,27+,28-/m1/s1. The Morgan fingerprint density at radius 2 is 2.00 bits per heavy atom. The van der Waals surface area contributed by atoms with E-state index in [-0.39, 0.29) is 37.4 Å². The highest BCUT2D eigenvalue weighted by Crippen LogP contribution is 2.70. The molecule has 0 unspecified atom stereocenters. The van der Waals surface area contributed by atoms with Gasteiger partial charge >= 0.3 is 11.9 Å². The van der Waals surface area contributed by atoms with Gasteiger partial charge in [0.1, 0.15) is 17.5 Å². The molecule has 10 heteroatoms. The maximum absolute atomic E-state index is 17.8. The SMILES string of the molecule is CCC(=O)O[C@@H]1[C@H](C)C[C@H]2[C@@H]3[C@@H](C(=O)S[C@H]4CCOC4=O)[C@H](F)C4=CC(=O)C=C[C@]4(C)[C@@]3(F)[C@@H](O)C[C@]12C. The number of allylic oxidation sites excluding steroid dienone is 4. The van der Waals surface area contributed by atoms with Gasteiger partial charge in [-0.1, -0.05) is 38.6 Å². The maximum Gasteiger partial charge on any atom is 0.319 e. The number of alkyl halides is 2. The van der Waals surface area contributed by atoms with Crippen LogP contribution < -0.4 is 0 Å². The van der Waals surface area contributed by atoms with Gasteiger partial charge in [-0.05, 0) is 49.3 Å². The van der Waals surface area contributed by atoms with E-state index in [2.05, 4.69) is 0 Å². The fourth-order valence-corrected chi connectivity index (χ4v) is 9.18. The normalized spacial score (nSPS) is 47.5. The van der Waals surface area contributed by atoms with E-state index in [1.54, 1.807) is 6.92 Å². The van der Waals surface area contributed by atoms with Gasteiger partial charge < -0.3 is 14.6 Å². The molecule has 0 aromatic rings. The largest absolute Gasteiger partial charge is 0.465 e. The molecule has 3 saturated carbocycles. The molecule has 11 atom stereocenters. The van der Waals surface area contributed by atoms with Crippen molar-refractivity contribution in [2.45, 2.75) is 82.7 Å². The number of esters is 2. The molecule has 1 saturated heterocycles. The second-order valence-electron chi connectivity index (χ2n) is 12.0. The number of carbonyl (C=O) groups excluding carboxylic acids is 4. The molecule has 38 heavy (non-hydrogen) atoms. The van der Waals surface area contributed by atoms with Gasteiger partial charge in [0.05, 0.1) is 18.6 Å². The summed E-state index contributed by atoms with van der Waals surface area (Å²) in [6.45, 7) is 6.99. The summed E-state index contributed by atoms with van der Waals surface area (Å²) >= 11 is 0.652. The lowest BCUT2D eigenvalue weighted by Crippen LogP contribution is -2.71. The van der Waals surface area contributed by atoms with Gasteiger partial charge in [-0.2, -0.15) is 0 Å². The number of aliphatic hydroxyl groups is 1. The first kappa shape index (κ1) is 27.5. The zero-order valence-corrected chi connectivity index (χ0v) is 22.8. The van der Waals surface area contributed by atoms with Crippen molar-refractivity contribution < 1.29 is 42.5 Å². The number of aliphatic hydroxyl groups excluding tert-OH is 1. The van der Waals surface area contributed by atoms with Crippen molar-refractivity contribution >= 4 is 34.6 Å². The fourth-order valence-electron chi connectivity index (χ4n) is 8.09. The molecule has 208 valence electrons. The van der Waals surface area contributed by atoms with Crippen LogP contribution in [-0.2, 0) is 28.7 Å². The van der Waals surface area contributed by atoms with Crippen molar-refractivity contribution in [1.29, 1.82) is 0 Å². The van der Waals surface area contributed by atoms with E-state index in [4.69, 9.17) is 9.47 Å². The average molecular weight is 553 g/mol. The zero-order chi connectivity index (χ0) is 27.8. The van der Waals surface area contributed by atoms with Crippen LogP contribution in [0.5, 0.6) is 0 Å².